The molecule has 1 aromatic rings. The van der Waals surface area contributed by atoms with Gasteiger partial charge in [-0.2, -0.15) is 0 Å². The summed E-state index contributed by atoms with van der Waals surface area (Å²) >= 11 is 0. The summed E-state index contributed by atoms with van der Waals surface area (Å²) in [6, 6.07) is 3.48. The van der Waals surface area contributed by atoms with Crippen LogP contribution in [0.25, 0.3) is 0 Å². The van der Waals surface area contributed by atoms with Gasteiger partial charge in [-0.3, -0.25) is 19.2 Å². The Morgan fingerprint density at radius 3 is 2.40 bits per heavy atom. The van der Waals surface area contributed by atoms with E-state index in [9.17, 15) is 34.2 Å². The number of aliphatic hydroxyl groups excluding tert-OH is 1. The van der Waals surface area contributed by atoms with Crippen LogP contribution in [0.1, 0.15) is 52.0 Å². The van der Waals surface area contributed by atoms with Gasteiger partial charge in [0.15, 0.2) is 6.10 Å². The first-order valence-electron chi connectivity index (χ1n) is 14.7. The van der Waals surface area contributed by atoms with Crippen LogP contribution in [0.5, 0.6) is 5.75 Å². The van der Waals surface area contributed by atoms with Gasteiger partial charge in [-0.25, -0.2) is 4.79 Å². The van der Waals surface area contributed by atoms with Crippen LogP contribution in [0, 0.1) is 5.92 Å². The second kappa shape index (κ2) is 19.6. The average molecular weight is 635 g/mol. The van der Waals surface area contributed by atoms with Crippen LogP contribution in [0.4, 0.5) is 10.5 Å². The summed E-state index contributed by atoms with van der Waals surface area (Å²) in [5, 5.41) is 27.2. The lowest BCUT2D eigenvalue weighted by molar-refractivity contribution is -0.195. The number of anilines is 1. The number of amides is 3. The lowest BCUT2D eigenvalue weighted by Gasteiger charge is -2.31. The summed E-state index contributed by atoms with van der Waals surface area (Å²) in [5.41, 5.74) is 0.549. The topological polar surface area (TPSA) is 208 Å². The molecule has 15 nitrogen and oxygen atoms in total. The second-order valence-electron chi connectivity index (χ2n) is 10.6. The van der Waals surface area contributed by atoms with Crippen molar-refractivity contribution in [3.8, 4) is 5.75 Å². The lowest BCUT2D eigenvalue weighted by Crippen LogP contribution is -2.51. The fourth-order valence-electron chi connectivity index (χ4n) is 4.13. The van der Waals surface area contributed by atoms with Crippen molar-refractivity contribution in [1.29, 1.82) is 0 Å². The monoisotopic (exact) mass is 635 g/mol. The molecule has 2 rings (SSSR count). The van der Waals surface area contributed by atoms with Gasteiger partial charge < -0.3 is 49.8 Å². The Labute approximate surface area is 263 Å². The van der Waals surface area contributed by atoms with Crippen molar-refractivity contribution in [2.45, 2.75) is 77.6 Å². The van der Waals surface area contributed by atoms with Crippen molar-refractivity contribution in [3.63, 3.8) is 0 Å². The van der Waals surface area contributed by atoms with Crippen LogP contribution < -0.4 is 20.7 Å². The van der Waals surface area contributed by atoms with E-state index >= 15 is 0 Å². The van der Waals surface area contributed by atoms with Crippen LogP contribution >= 0.6 is 0 Å². The Morgan fingerprint density at radius 2 is 1.76 bits per heavy atom. The third-order valence-electron chi connectivity index (χ3n) is 6.38. The zero-order valence-corrected chi connectivity index (χ0v) is 25.7. The molecule has 1 saturated heterocycles. The third kappa shape index (κ3) is 14.3. The molecule has 0 saturated carbocycles. The molecule has 0 aromatic heterocycles. The number of carboxylic acids is 1. The number of hydrogen-bond acceptors (Lipinski definition) is 11. The van der Waals surface area contributed by atoms with Crippen molar-refractivity contribution in [2.75, 3.05) is 38.3 Å². The summed E-state index contributed by atoms with van der Waals surface area (Å²) in [5.74, 6) is -4.13. The molecule has 1 fully saturated rings. The fourth-order valence-corrected chi connectivity index (χ4v) is 4.13. The molecule has 1 heterocycles. The highest BCUT2D eigenvalue weighted by Crippen LogP contribution is 2.30. The summed E-state index contributed by atoms with van der Waals surface area (Å²) in [7, 11) is 5.03. The molecule has 4 atom stereocenters. The molecule has 45 heavy (non-hydrogen) atoms. The van der Waals surface area contributed by atoms with Crippen LogP contribution in [0.2, 0.25) is 0 Å². The zero-order chi connectivity index (χ0) is 33.4. The third-order valence-corrected chi connectivity index (χ3v) is 6.38. The summed E-state index contributed by atoms with van der Waals surface area (Å²) in [6.45, 7) is 6.40. The molecule has 1 aliphatic rings. The van der Waals surface area contributed by atoms with Crippen molar-refractivity contribution < 1.29 is 57.9 Å². The molecule has 2 radical (unpaired) electrons. The minimum absolute atomic E-state index is 0.0231. The minimum Gasteiger partial charge on any atom is -0.479 e. The Balaban J connectivity index is 1.99. The van der Waals surface area contributed by atoms with Gasteiger partial charge in [-0.1, -0.05) is 26.8 Å². The van der Waals surface area contributed by atoms with E-state index in [0.29, 0.717) is 25.4 Å². The molecule has 0 aliphatic carbocycles. The maximum absolute atomic E-state index is 12.9. The fraction of sp³-hybridized carbons (Fsp3) is 0.621. The first-order valence-corrected chi connectivity index (χ1v) is 14.7. The van der Waals surface area contributed by atoms with E-state index in [1.165, 1.54) is 18.2 Å². The van der Waals surface area contributed by atoms with E-state index in [1.54, 1.807) is 13.8 Å². The van der Waals surface area contributed by atoms with Gasteiger partial charge in [0.1, 0.15) is 18.4 Å². The largest absolute Gasteiger partial charge is 0.479 e. The van der Waals surface area contributed by atoms with E-state index in [-0.39, 0.29) is 55.7 Å². The van der Waals surface area contributed by atoms with Gasteiger partial charge in [0, 0.05) is 25.9 Å². The molecule has 248 valence electrons. The Kier molecular flexibility index (Phi) is 16.3. The first kappa shape index (κ1) is 37.5. The van der Waals surface area contributed by atoms with E-state index in [2.05, 4.69) is 16.0 Å². The SMILES string of the molecule is [B]C(=O)OCc1ccc(NC(=O)CNC(=O)C(NC(=O)CCOCCOCCC)C(C)C)c(OC2CC(O)CC(C(=O)O)O2)c1. The highest BCUT2D eigenvalue weighted by atomic mass is 16.7. The number of carbonyl (C=O) groups is 5. The maximum atomic E-state index is 12.9. The molecule has 1 aliphatic heterocycles. The summed E-state index contributed by atoms with van der Waals surface area (Å²) < 4.78 is 26.7. The number of rotatable bonds is 19. The highest BCUT2D eigenvalue weighted by molar-refractivity contribution is 6.55. The highest BCUT2D eigenvalue weighted by Gasteiger charge is 2.34. The van der Waals surface area contributed by atoms with E-state index in [0.717, 1.165) is 6.42 Å². The Hall–Kier alpha value is -3.73. The van der Waals surface area contributed by atoms with Crippen LogP contribution in [0.15, 0.2) is 18.2 Å². The molecular weight excluding hydrogens is 593 g/mol. The second-order valence-corrected chi connectivity index (χ2v) is 10.6. The average Bonchev–Trinajstić information content (AvgIpc) is 2.97. The number of aliphatic hydroxyl groups is 1. The summed E-state index contributed by atoms with van der Waals surface area (Å²) in [6.07, 6.45) is -2.70. The summed E-state index contributed by atoms with van der Waals surface area (Å²) in [4.78, 5) is 60.5. The number of benzene rings is 1. The van der Waals surface area contributed by atoms with E-state index < -0.39 is 54.7 Å². The normalized spacial score (nSPS) is 18.5. The predicted molar refractivity (Wildman–Crippen MR) is 160 cm³/mol. The molecule has 0 spiro atoms. The van der Waals surface area contributed by atoms with Crippen LogP contribution in [-0.4, -0.2) is 105 Å². The smallest absolute Gasteiger partial charge is 0.333 e. The van der Waals surface area contributed by atoms with Gasteiger partial charge in [0.2, 0.25) is 37.7 Å². The molecule has 3 amide bonds. The molecule has 1 aromatic carbocycles. The van der Waals surface area contributed by atoms with E-state index in [4.69, 9.17) is 31.5 Å². The standard InChI is InChI=1S/C29H42BN3O12/c1-4-8-41-10-11-42-9-7-23(35)33-26(17(2)3)27(37)31-15-24(36)32-20-6-5-18(16-43-29(30)40)12-21(20)44-25-14-19(34)13-22(45-25)28(38)39/h5-6,12,17,19,22,25-26,34H,4,7-11,13-16H2,1-3H3,(H,31,37)(H,32,36)(H,33,35)(H,38,39). The number of nitrogens with one attached hydrogen (secondary N) is 3. The number of carboxylic acid groups (broad SMARTS) is 1. The van der Waals surface area contributed by atoms with Crippen LogP contribution in [-0.2, 0) is 44.7 Å². The van der Waals surface area contributed by atoms with Gasteiger partial charge in [0.05, 0.1) is 38.2 Å². The lowest BCUT2D eigenvalue weighted by atomic mass is 10.0. The van der Waals surface area contributed by atoms with E-state index in [1.807, 2.05) is 6.92 Å². The van der Waals surface area contributed by atoms with Gasteiger partial charge in [0.25, 0.3) is 0 Å². The minimum atomic E-state index is -1.31. The number of ether oxygens (including phenoxy) is 5. The molecule has 5 N–H and O–H groups in total. The van der Waals surface area contributed by atoms with Crippen molar-refractivity contribution in [1.82, 2.24) is 10.6 Å². The van der Waals surface area contributed by atoms with Crippen LogP contribution in [0.3, 0.4) is 0 Å². The van der Waals surface area contributed by atoms with Gasteiger partial charge >= 0.3 is 5.97 Å². The van der Waals surface area contributed by atoms with Crippen molar-refractivity contribution >= 4 is 43.1 Å². The predicted octanol–water partition coefficient (Wildman–Crippen LogP) is 0.850. The Morgan fingerprint density at radius 1 is 1.04 bits per heavy atom. The number of aliphatic carboxylic acids is 1. The number of carbonyl (C=O) groups excluding carboxylic acids is 4. The molecule has 4 unspecified atom stereocenters. The molecule has 16 heteroatoms. The molecular formula is C29H42BN3O12. The number of hydrogen-bond donors (Lipinski definition) is 5. The van der Waals surface area contributed by atoms with Crippen molar-refractivity contribution in [3.05, 3.63) is 23.8 Å². The van der Waals surface area contributed by atoms with Gasteiger partial charge in [-0.05, 0) is 30.0 Å². The van der Waals surface area contributed by atoms with Gasteiger partial charge in [-0.15, -0.1) is 0 Å². The van der Waals surface area contributed by atoms with Crippen molar-refractivity contribution in [2.24, 2.45) is 5.92 Å². The maximum Gasteiger partial charge on any atom is 0.333 e. The Bertz CT molecular complexity index is 1150. The molecule has 0 bridgehead atoms. The first-order chi connectivity index (χ1) is 21.4. The quantitative estimate of drug-likeness (QED) is 0.106. The zero-order valence-electron chi connectivity index (χ0n) is 25.7.